The predicted molar refractivity (Wildman–Crippen MR) is 122 cm³/mol. The van der Waals surface area contributed by atoms with Gasteiger partial charge in [-0.05, 0) is 37.1 Å². The summed E-state index contributed by atoms with van der Waals surface area (Å²) in [6, 6.07) is 7.52. The average molecular weight is 500 g/mol. The van der Waals surface area contributed by atoms with Gasteiger partial charge in [-0.15, -0.1) is 21.5 Å². The van der Waals surface area contributed by atoms with Gasteiger partial charge in [0.05, 0.1) is 16.5 Å². The summed E-state index contributed by atoms with van der Waals surface area (Å²) < 4.78 is 2.95. The highest BCUT2D eigenvalue weighted by Crippen LogP contribution is 2.29. The number of thiophene rings is 1. The Hall–Kier alpha value is -1.35. The molecule has 0 fully saturated rings. The number of aromatic nitrogens is 3. The molecule has 0 aliphatic carbocycles. The molecule has 1 aromatic carbocycles. The molecule has 0 spiro atoms. The first-order chi connectivity index (χ1) is 13.5. The number of hydrogen-bond acceptors (Lipinski definition) is 5. The van der Waals surface area contributed by atoms with Crippen molar-refractivity contribution < 1.29 is 4.79 Å². The van der Waals surface area contributed by atoms with Crippen LogP contribution in [0.1, 0.15) is 25.1 Å². The molecule has 3 aromatic rings. The number of rotatable bonds is 8. The standard InChI is InChI=1S/C19H20BrClN4OS2/c1-3-7-25-18(12-8-14(4-2)27-10-12)23-24-19(25)28-11-17(26)22-16-6-5-13(20)9-15(16)21/h5-6,8-10H,3-4,7,11H2,1-2H3,(H,22,26). The maximum absolute atomic E-state index is 12.4. The van der Waals surface area contributed by atoms with Crippen LogP contribution in [0, 0.1) is 0 Å². The van der Waals surface area contributed by atoms with Gasteiger partial charge in [-0.3, -0.25) is 4.79 Å². The van der Waals surface area contributed by atoms with Crippen molar-refractivity contribution in [3.63, 3.8) is 0 Å². The monoisotopic (exact) mass is 498 g/mol. The van der Waals surface area contributed by atoms with Gasteiger partial charge in [-0.25, -0.2) is 0 Å². The molecule has 2 heterocycles. The molecule has 0 atom stereocenters. The van der Waals surface area contributed by atoms with Gasteiger partial charge in [0.2, 0.25) is 5.91 Å². The van der Waals surface area contributed by atoms with E-state index < -0.39 is 0 Å². The van der Waals surface area contributed by atoms with E-state index >= 15 is 0 Å². The third-order valence-corrected chi connectivity index (χ3v) is 6.82. The molecule has 0 saturated carbocycles. The zero-order valence-corrected chi connectivity index (χ0v) is 19.5. The minimum Gasteiger partial charge on any atom is -0.324 e. The van der Waals surface area contributed by atoms with E-state index in [2.05, 4.69) is 61.3 Å². The Balaban J connectivity index is 1.70. The molecule has 1 amide bonds. The van der Waals surface area contributed by atoms with Crippen LogP contribution >= 0.6 is 50.6 Å². The van der Waals surface area contributed by atoms with E-state index in [-0.39, 0.29) is 11.7 Å². The van der Waals surface area contributed by atoms with Crippen LogP contribution in [0.2, 0.25) is 5.02 Å². The van der Waals surface area contributed by atoms with E-state index in [9.17, 15) is 4.79 Å². The molecule has 28 heavy (non-hydrogen) atoms. The van der Waals surface area contributed by atoms with E-state index in [1.165, 1.54) is 16.6 Å². The molecule has 0 unspecified atom stereocenters. The molecule has 0 bridgehead atoms. The summed E-state index contributed by atoms with van der Waals surface area (Å²) in [7, 11) is 0. The summed E-state index contributed by atoms with van der Waals surface area (Å²) >= 11 is 12.6. The molecule has 9 heteroatoms. The number of carbonyl (C=O) groups is 1. The van der Waals surface area contributed by atoms with E-state index in [0.717, 1.165) is 40.4 Å². The van der Waals surface area contributed by atoms with Gasteiger partial charge in [-0.1, -0.05) is 53.1 Å². The maximum atomic E-state index is 12.4. The van der Waals surface area contributed by atoms with Crippen LogP contribution in [0.15, 0.2) is 39.3 Å². The molecular weight excluding hydrogens is 480 g/mol. The fourth-order valence-corrected chi connectivity index (χ4v) is 4.92. The summed E-state index contributed by atoms with van der Waals surface area (Å²) in [6.45, 7) is 5.07. The number of nitrogens with one attached hydrogen (secondary N) is 1. The van der Waals surface area contributed by atoms with Crippen LogP contribution in [-0.2, 0) is 17.8 Å². The number of aryl methyl sites for hydroxylation is 1. The first-order valence-corrected chi connectivity index (χ1v) is 11.9. The van der Waals surface area contributed by atoms with Gasteiger partial charge >= 0.3 is 0 Å². The first kappa shape index (κ1) is 21.4. The number of thioether (sulfide) groups is 1. The number of amides is 1. The Bertz CT molecular complexity index is 973. The Morgan fingerprint density at radius 2 is 2.14 bits per heavy atom. The van der Waals surface area contributed by atoms with Gasteiger partial charge in [-0.2, -0.15) is 0 Å². The molecule has 0 saturated heterocycles. The van der Waals surface area contributed by atoms with Crippen molar-refractivity contribution >= 4 is 62.2 Å². The fraction of sp³-hybridized carbons (Fsp3) is 0.316. The summed E-state index contributed by atoms with van der Waals surface area (Å²) in [5, 5.41) is 14.9. The zero-order valence-electron chi connectivity index (χ0n) is 15.5. The third kappa shape index (κ3) is 5.17. The lowest BCUT2D eigenvalue weighted by atomic mass is 10.2. The van der Waals surface area contributed by atoms with Crippen molar-refractivity contribution in [2.45, 2.75) is 38.4 Å². The van der Waals surface area contributed by atoms with Crippen molar-refractivity contribution in [2.75, 3.05) is 11.1 Å². The third-order valence-electron chi connectivity index (χ3n) is 3.96. The molecule has 0 radical (unpaired) electrons. The highest BCUT2D eigenvalue weighted by Gasteiger charge is 2.16. The van der Waals surface area contributed by atoms with Crippen LogP contribution in [0.3, 0.4) is 0 Å². The largest absolute Gasteiger partial charge is 0.324 e. The Morgan fingerprint density at radius 3 is 2.82 bits per heavy atom. The molecule has 0 aliphatic rings. The molecular formula is C19H20BrClN4OS2. The van der Waals surface area contributed by atoms with Crippen molar-refractivity contribution in [3.05, 3.63) is 44.0 Å². The highest BCUT2D eigenvalue weighted by atomic mass is 79.9. The Kier molecular flexibility index (Phi) is 7.56. The molecule has 2 aromatic heterocycles. The van der Waals surface area contributed by atoms with Gasteiger partial charge in [0.25, 0.3) is 0 Å². The number of halogens is 2. The minimum atomic E-state index is -0.134. The van der Waals surface area contributed by atoms with Crippen molar-refractivity contribution in [1.29, 1.82) is 0 Å². The topological polar surface area (TPSA) is 59.8 Å². The van der Waals surface area contributed by atoms with Gasteiger partial charge in [0.1, 0.15) is 0 Å². The van der Waals surface area contributed by atoms with Gasteiger partial charge < -0.3 is 9.88 Å². The maximum Gasteiger partial charge on any atom is 0.234 e. The van der Waals surface area contributed by atoms with E-state index in [4.69, 9.17) is 11.6 Å². The van der Waals surface area contributed by atoms with Crippen LogP contribution in [-0.4, -0.2) is 26.4 Å². The smallest absolute Gasteiger partial charge is 0.234 e. The number of nitrogens with zero attached hydrogens (tertiary/aromatic N) is 3. The number of benzene rings is 1. The lowest BCUT2D eigenvalue weighted by Gasteiger charge is -2.09. The molecule has 1 N–H and O–H groups in total. The van der Waals surface area contributed by atoms with E-state index in [1.807, 2.05) is 6.07 Å². The summed E-state index contributed by atoms with van der Waals surface area (Å²) in [5.41, 5.74) is 1.68. The minimum absolute atomic E-state index is 0.134. The van der Waals surface area contributed by atoms with E-state index in [0.29, 0.717) is 10.7 Å². The number of anilines is 1. The quantitative estimate of drug-likeness (QED) is 0.379. The van der Waals surface area contributed by atoms with Crippen LogP contribution in [0.5, 0.6) is 0 Å². The summed E-state index contributed by atoms with van der Waals surface area (Å²) in [6.07, 6.45) is 1.97. The predicted octanol–water partition coefficient (Wildman–Crippen LogP) is 6.13. The van der Waals surface area contributed by atoms with Crippen molar-refractivity contribution in [3.8, 4) is 11.4 Å². The molecule has 0 aliphatic heterocycles. The van der Waals surface area contributed by atoms with E-state index in [1.54, 1.807) is 23.5 Å². The Morgan fingerprint density at radius 1 is 1.32 bits per heavy atom. The normalized spacial score (nSPS) is 11.0. The summed E-state index contributed by atoms with van der Waals surface area (Å²) in [5.74, 6) is 0.959. The number of hydrogen-bond donors (Lipinski definition) is 1. The molecule has 3 rings (SSSR count). The van der Waals surface area contributed by atoms with Crippen molar-refractivity contribution in [1.82, 2.24) is 14.8 Å². The van der Waals surface area contributed by atoms with Crippen LogP contribution < -0.4 is 5.32 Å². The zero-order chi connectivity index (χ0) is 20.1. The lowest BCUT2D eigenvalue weighted by molar-refractivity contribution is -0.113. The van der Waals surface area contributed by atoms with Crippen LogP contribution in [0.25, 0.3) is 11.4 Å². The second kappa shape index (κ2) is 9.91. The highest BCUT2D eigenvalue weighted by molar-refractivity contribution is 9.10. The average Bonchev–Trinajstić information content (AvgIpc) is 3.29. The lowest BCUT2D eigenvalue weighted by Crippen LogP contribution is -2.15. The summed E-state index contributed by atoms with van der Waals surface area (Å²) in [4.78, 5) is 13.7. The van der Waals surface area contributed by atoms with Crippen LogP contribution in [0.4, 0.5) is 5.69 Å². The Labute approximate surface area is 186 Å². The molecule has 5 nitrogen and oxygen atoms in total. The SMILES string of the molecule is CCCn1c(SCC(=O)Nc2ccc(Br)cc2Cl)nnc1-c1csc(CC)c1. The van der Waals surface area contributed by atoms with Crippen molar-refractivity contribution in [2.24, 2.45) is 0 Å². The first-order valence-electron chi connectivity index (χ1n) is 8.90. The van der Waals surface area contributed by atoms with Gasteiger partial charge in [0.15, 0.2) is 11.0 Å². The number of carbonyl (C=O) groups excluding carboxylic acids is 1. The van der Waals surface area contributed by atoms with Gasteiger partial charge in [0, 0.05) is 26.8 Å². The fourth-order valence-electron chi connectivity index (χ4n) is 2.62. The second-order valence-electron chi connectivity index (χ2n) is 6.07. The second-order valence-corrected chi connectivity index (χ2v) is 9.34. The molecule has 148 valence electrons.